The highest BCUT2D eigenvalue weighted by Gasteiger charge is 2.30. The van der Waals surface area contributed by atoms with E-state index in [0.29, 0.717) is 24.5 Å². The summed E-state index contributed by atoms with van der Waals surface area (Å²) in [6, 6.07) is 27.7. The maximum atomic E-state index is 13.2. The van der Waals surface area contributed by atoms with Crippen molar-refractivity contribution in [2.24, 2.45) is 0 Å². The minimum atomic E-state index is -0.680. The van der Waals surface area contributed by atoms with Crippen LogP contribution in [0, 0.1) is 6.92 Å². The van der Waals surface area contributed by atoms with Crippen LogP contribution >= 0.6 is 0 Å². The molecule has 0 radical (unpaired) electrons. The monoisotopic (exact) mass is 512 g/mol. The number of hydrogen-bond acceptors (Lipinski definition) is 6. The molecule has 1 aromatic heterocycles. The summed E-state index contributed by atoms with van der Waals surface area (Å²) < 4.78 is 17.8. The van der Waals surface area contributed by atoms with Crippen LogP contribution in [0.1, 0.15) is 54.6 Å². The molecule has 0 spiro atoms. The Morgan fingerprint density at radius 2 is 1.34 bits per heavy atom. The number of nitrogens with zero attached hydrogens (tertiary/aromatic N) is 2. The predicted molar refractivity (Wildman–Crippen MR) is 149 cm³/mol. The van der Waals surface area contributed by atoms with Crippen molar-refractivity contribution in [2.75, 3.05) is 6.61 Å². The lowest BCUT2D eigenvalue weighted by Gasteiger charge is -2.20. The van der Waals surface area contributed by atoms with Crippen molar-refractivity contribution in [3.8, 4) is 11.6 Å². The Hall–Kier alpha value is -4.19. The number of aryl methyl sites for hydroxylation is 1. The number of esters is 1. The molecular weight excluding hydrogens is 476 g/mol. The van der Waals surface area contributed by atoms with Gasteiger partial charge in [0.1, 0.15) is 31.2 Å². The van der Waals surface area contributed by atoms with Crippen LogP contribution in [0.5, 0.6) is 11.6 Å². The normalized spacial score (nSPS) is 11.1. The third-order valence-corrected chi connectivity index (χ3v) is 5.70. The second-order valence-corrected chi connectivity index (χ2v) is 8.44. The van der Waals surface area contributed by atoms with Gasteiger partial charge < -0.3 is 14.2 Å². The largest absolute Gasteiger partial charge is 0.482 e. The molecule has 0 aliphatic rings. The van der Waals surface area contributed by atoms with E-state index in [1.54, 1.807) is 6.92 Å². The molecule has 0 bridgehead atoms. The number of benzene rings is 3. The fraction of sp³-hybridized carbons (Fsp3) is 0.281. The van der Waals surface area contributed by atoms with Crippen LogP contribution in [0.4, 0.5) is 0 Å². The summed E-state index contributed by atoms with van der Waals surface area (Å²) in [5.74, 6) is -0.406. The van der Waals surface area contributed by atoms with E-state index in [0.717, 1.165) is 22.3 Å². The molecular formula is C32H36N2O4. The number of aromatic nitrogens is 2. The number of hydrogen-bond donors (Lipinski definition) is 0. The fourth-order valence-corrected chi connectivity index (χ4v) is 3.81. The SMILES string of the molecule is CC.CCOC(=O)C(Cc1ccc(C)cc1)c1ncnc(OCc2ccccc2)c1OCc1ccccc1. The zero-order valence-corrected chi connectivity index (χ0v) is 22.6. The lowest BCUT2D eigenvalue weighted by atomic mass is 9.94. The molecule has 4 rings (SSSR count). The maximum Gasteiger partial charge on any atom is 0.315 e. The smallest absolute Gasteiger partial charge is 0.315 e. The van der Waals surface area contributed by atoms with Crippen molar-refractivity contribution in [3.63, 3.8) is 0 Å². The average Bonchev–Trinajstić information content (AvgIpc) is 2.97. The summed E-state index contributed by atoms with van der Waals surface area (Å²) in [7, 11) is 0. The Bertz CT molecular complexity index is 1250. The Balaban J connectivity index is 0.00000195. The molecule has 0 saturated carbocycles. The molecule has 3 aromatic carbocycles. The van der Waals surface area contributed by atoms with Crippen LogP contribution in [0.25, 0.3) is 0 Å². The molecule has 0 fully saturated rings. The minimum Gasteiger partial charge on any atom is -0.482 e. The first-order valence-electron chi connectivity index (χ1n) is 13.0. The summed E-state index contributed by atoms with van der Waals surface area (Å²) in [5.41, 5.74) is 4.57. The van der Waals surface area contributed by atoms with E-state index < -0.39 is 5.92 Å². The highest BCUT2D eigenvalue weighted by atomic mass is 16.5. The van der Waals surface area contributed by atoms with Crippen molar-refractivity contribution < 1.29 is 19.0 Å². The van der Waals surface area contributed by atoms with E-state index >= 15 is 0 Å². The van der Waals surface area contributed by atoms with Crippen molar-refractivity contribution in [3.05, 3.63) is 119 Å². The number of rotatable bonds is 11. The van der Waals surface area contributed by atoms with Crippen molar-refractivity contribution in [1.82, 2.24) is 9.97 Å². The van der Waals surface area contributed by atoms with Crippen LogP contribution in [0.2, 0.25) is 0 Å². The van der Waals surface area contributed by atoms with E-state index in [2.05, 4.69) is 9.97 Å². The Morgan fingerprint density at radius 1 is 0.763 bits per heavy atom. The quantitative estimate of drug-likeness (QED) is 0.205. The van der Waals surface area contributed by atoms with Crippen molar-refractivity contribution in [2.45, 2.75) is 53.2 Å². The van der Waals surface area contributed by atoms with Crippen molar-refractivity contribution in [1.29, 1.82) is 0 Å². The Morgan fingerprint density at radius 3 is 1.92 bits per heavy atom. The molecule has 198 valence electrons. The van der Waals surface area contributed by atoms with Crippen LogP contribution in [0.15, 0.2) is 91.3 Å². The molecule has 6 heteroatoms. The summed E-state index contributed by atoms with van der Waals surface area (Å²) >= 11 is 0. The molecule has 1 atom stereocenters. The molecule has 0 aliphatic carbocycles. The maximum absolute atomic E-state index is 13.2. The van der Waals surface area contributed by atoms with E-state index in [1.807, 2.05) is 106 Å². The van der Waals surface area contributed by atoms with Crippen molar-refractivity contribution >= 4 is 5.97 Å². The highest BCUT2D eigenvalue weighted by Crippen LogP contribution is 2.36. The zero-order chi connectivity index (χ0) is 27.2. The van der Waals surface area contributed by atoms with Gasteiger partial charge in [0.2, 0.25) is 5.75 Å². The first-order valence-corrected chi connectivity index (χ1v) is 13.0. The van der Waals surface area contributed by atoms with E-state index in [4.69, 9.17) is 14.2 Å². The first kappa shape index (κ1) is 28.4. The molecule has 0 saturated heterocycles. The van der Waals surface area contributed by atoms with Crippen LogP contribution in [-0.2, 0) is 29.2 Å². The second kappa shape index (κ2) is 15.2. The molecule has 1 unspecified atom stereocenters. The third kappa shape index (κ3) is 8.17. The number of ether oxygens (including phenoxy) is 3. The topological polar surface area (TPSA) is 70.5 Å². The second-order valence-electron chi connectivity index (χ2n) is 8.44. The van der Waals surface area contributed by atoms with Gasteiger partial charge in [-0.1, -0.05) is 104 Å². The summed E-state index contributed by atoms with van der Waals surface area (Å²) in [6.45, 7) is 8.68. The lowest BCUT2D eigenvalue weighted by Crippen LogP contribution is -2.21. The molecule has 0 N–H and O–H groups in total. The first-order chi connectivity index (χ1) is 18.6. The van der Waals surface area contributed by atoms with Gasteiger partial charge in [0.05, 0.1) is 6.61 Å². The van der Waals surface area contributed by atoms with E-state index in [1.165, 1.54) is 6.33 Å². The highest BCUT2D eigenvalue weighted by molar-refractivity contribution is 5.79. The molecule has 6 nitrogen and oxygen atoms in total. The molecule has 0 aliphatic heterocycles. The van der Waals surface area contributed by atoms with Gasteiger partial charge in [-0.15, -0.1) is 0 Å². The average molecular weight is 513 g/mol. The predicted octanol–water partition coefficient (Wildman–Crippen LogP) is 6.86. The van der Waals surface area contributed by atoms with Gasteiger partial charge in [-0.2, -0.15) is 4.98 Å². The minimum absolute atomic E-state index is 0.270. The molecule has 1 heterocycles. The third-order valence-electron chi connectivity index (χ3n) is 5.70. The van der Waals surface area contributed by atoms with E-state index in [-0.39, 0.29) is 25.1 Å². The van der Waals surface area contributed by atoms with Crippen LogP contribution in [-0.4, -0.2) is 22.5 Å². The van der Waals surface area contributed by atoms with Gasteiger partial charge in [-0.3, -0.25) is 4.79 Å². The molecule has 0 amide bonds. The number of carbonyl (C=O) groups excluding carboxylic acids is 1. The standard InChI is InChI=1S/C30H30N2O4.C2H6/c1-3-34-30(33)26(18-23-16-14-22(2)15-17-23)27-28(35-19-24-10-6-4-7-11-24)29(32-21-31-27)36-20-25-12-8-5-9-13-25;1-2/h4-17,21,26H,3,18-20H2,1-2H3;1-2H3. The summed E-state index contributed by atoms with van der Waals surface area (Å²) in [6.07, 6.45) is 1.82. The van der Waals surface area contributed by atoms with Gasteiger partial charge in [0.25, 0.3) is 5.88 Å². The van der Waals surface area contributed by atoms with E-state index in [9.17, 15) is 4.79 Å². The number of carbonyl (C=O) groups is 1. The molecule has 38 heavy (non-hydrogen) atoms. The van der Waals surface area contributed by atoms with Crippen LogP contribution in [0.3, 0.4) is 0 Å². The van der Waals surface area contributed by atoms with Gasteiger partial charge >= 0.3 is 5.97 Å². The lowest BCUT2D eigenvalue weighted by molar-refractivity contribution is -0.145. The van der Waals surface area contributed by atoms with Crippen LogP contribution < -0.4 is 9.47 Å². The Labute approximate surface area is 225 Å². The zero-order valence-electron chi connectivity index (χ0n) is 22.6. The van der Waals surface area contributed by atoms with Gasteiger partial charge in [-0.05, 0) is 37.0 Å². The Kier molecular flexibility index (Phi) is 11.3. The summed E-state index contributed by atoms with van der Waals surface area (Å²) in [5, 5.41) is 0. The molecule has 4 aromatic rings. The van der Waals surface area contributed by atoms with Gasteiger partial charge in [0, 0.05) is 0 Å². The van der Waals surface area contributed by atoms with Gasteiger partial charge in [0.15, 0.2) is 0 Å². The van der Waals surface area contributed by atoms with Gasteiger partial charge in [-0.25, -0.2) is 4.98 Å². The fourth-order valence-electron chi connectivity index (χ4n) is 3.81. The summed E-state index contributed by atoms with van der Waals surface area (Å²) in [4.78, 5) is 22.0.